The molecular weight excluding hydrogens is 504 g/mol. The van der Waals surface area contributed by atoms with Gasteiger partial charge in [0, 0.05) is 29.8 Å². The Morgan fingerprint density at radius 3 is 2.62 bits per heavy atom. The Bertz CT molecular complexity index is 1310. The van der Waals surface area contributed by atoms with Crippen molar-refractivity contribution >= 4 is 17.6 Å². The van der Waals surface area contributed by atoms with Crippen molar-refractivity contribution in [3.8, 4) is 11.3 Å². The van der Waals surface area contributed by atoms with Crippen molar-refractivity contribution in [3.05, 3.63) is 77.8 Å². The highest BCUT2D eigenvalue weighted by Gasteiger charge is 2.30. The smallest absolute Gasteiger partial charge is 0.238 e. The van der Waals surface area contributed by atoms with E-state index in [-0.39, 0.29) is 36.3 Å². The van der Waals surface area contributed by atoms with Crippen LogP contribution in [0.15, 0.2) is 54.7 Å². The average Bonchev–Trinajstić information content (AvgIpc) is 3.41. The van der Waals surface area contributed by atoms with Crippen LogP contribution in [0.3, 0.4) is 0 Å². The van der Waals surface area contributed by atoms with Crippen LogP contribution in [0.1, 0.15) is 61.8 Å². The summed E-state index contributed by atoms with van der Waals surface area (Å²) in [5.74, 6) is -1.88. The number of halogens is 2. The molecule has 3 atom stereocenters. The molecule has 0 aliphatic carbocycles. The second kappa shape index (κ2) is 12.8. The van der Waals surface area contributed by atoms with E-state index in [2.05, 4.69) is 20.6 Å². The highest BCUT2D eigenvalue weighted by Crippen LogP contribution is 2.23. The van der Waals surface area contributed by atoms with Gasteiger partial charge in [-0.15, -0.1) is 0 Å². The highest BCUT2D eigenvalue weighted by atomic mass is 19.1. The second-order valence-corrected chi connectivity index (χ2v) is 9.90. The first-order valence-electron chi connectivity index (χ1n) is 13.1. The minimum absolute atomic E-state index is 0.0910. The summed E-state index contributed by atoms with van der Waals surface area (Å²) < 4.78 is 27.5. The van der Waals surface area contributed by atoms with Gasteiger partial charge in [0.2, 0.25) is 11.8 Å². The number of piperidine rings is 1. The fourth-order valence-electron chi connectivity index (χ4n) is 4.74. The summed E-state index contributed by atoms with van der Waals surface area (Å²) in [5, 5.41) is 5.82. The van der Waals surface area contributed by atoms with Crippen LogP contribution >= 0.6 is 0 Å². The first-order chi connectivity index (χ1) is 18.7. The van der Waals surface area contributed by atoms with E-state index in [9.17, 15) is 23.2 Å². The molecule has 10 heteroatoms. The zero-order valence-corrected chi connectivity index (χ0v) is 22.0. The van der Waals surface area contributed by atoms with Gasteiger partial charge in [-0.05, 0) is 45.2 Å². The Kier molecular flexibility index (Phi) is 9.19. The number of carbonyl (C=O) groups excluding carboxylic acids is 3. The van der Waals surface area contributed by atoms with Gasteiger partial charge in [0.05, 0.1) is 36.9 Å². The molecule has 3 N–H and O–H groups in total. The molecule has 1 aliphatic rings. The van der Waals surface area contributed by atoms with Gasteiger partial charge in [0.1, 0.15) is 17.5 Å². The van der Waals surface area contributed by atoms with Crippen LogP contribution in [0.4, 0.5) is 8.78 Å². The van der Waals surface area contributed by atoms with Crippen molar-refractivity contribution in [2.24, 2.45) is 0 Å². The number of imidazole rings is 1. The van der Waals surface area contributed by atoms with Crippen molar-refractivity contribution in [1.82, 2.24) is 25.5 Å². The molecule has 8 nitrogen and oxygen atoms in total. The Balaban J connectivity index is 1.45. The first-order valence-corrected chi connectivity index (χ1v) is 13.1. The highest BCUT2D eigenvalue weighted by molar-refractivity contribution is 5.98. The van der Waals surface area contributed by atoms with Crippen molar-refractivity contribution in [2.75, 3.05) is 13.1 Å². The Labute approximate surface area is 226 Å². The predicted octanol–water partition coefficient (Wildman–Crippen LogP) is 4.16. The summed E-state index contributed by atoms with van der Waals surface area (Å²) in [7, 11) is 0. The van der Waals surface area contributed by atoms with Gasteiger partial charge >= 0.3 is 0 Å². The monoisotopic (exact) mass is 537 g/mol. The second-order valence-electron chi connectivity index (χ2n) is 9.90. The van der Waals surface area contributed by atoms with Crippen molar-refractivity contribution < 1.29 is 23.2 Å². The predicted molar refractivity (Wildman–Crippen MR) is 143 cm³/mol. The molecule has 3 aromatic rings. The summed E-state index contributed by atoms with van der Waals surface area (Å²) in [5.41, 5.74) is 0.986. The first kappa shape index (κ1) is 28.1. The fourth-order valence-corrected chi connectivity index (χ4v) is 4.74. The van der Waals surface area contributed by atoms with E-state index < -0.39 is 29.6 Å². The van der Waals surface area contributed by atoms with Gasteiger partial charge in [-0.2, -0.15) is 0 Å². The standard InChI is InChI=1S/C29H33F2N5O3/c1-18-8-6-7-13-36(18)27(38)15-24(32-17-26(37)20-9-4-3-5-10-20)29(39)34-19(2)28-33-16-25(35-28)22-12-11-21(30)14-23(22)31/h3-5,9-12,14,16,18-19,24,32H,6-8,13,15,17H2,1-2H3,(H,33,35)(H,34,39)/t18-,19-,24-/m0/s1. The maximum absolute atomic E-state index is 14.2. The van der Waals surface area contributed by atoms with Gasteiger partial charge < -0.3 is 15.2 Å². The molecule has 0 bridgehead atoms. The minimum Gasteiger partial charge on any atom is -0.345 e. The molecule has 206 valence electrons. The third kappa shape index (κ3) is 7.14. The van der Waals surface area contributed by atoms with Gasteiger partial charge in [-0.1, -0.05) is 30.3 Å². The van der Waals surface area contributed by atoms with Crippen LogP contribution < -0.4 is 10.6 Å². The number of hydrogen-bond acceptors (Lipinski definition) is 5. The number of rotatable bonds is 10. The zero-order valence-electron chi connectivity index (χ0n) is 22.0. The topological polar surface area (TPSA) is 107 Å². The van der Waals surface area contributed by atoms with Crippen LogP contribution in [0.5, 0.6) is 0 Å². The summed E-state index contributed by atoms with van der Waals surface area (Å²) in [6.45, 7) is 4.22. The Morgan fingerprint density at radius 2 is 1.90 bits per heavy atom. The van der Waals surface area contributed by atoms with E-state index in [1.807, 2.05) is 13.0 Å². The number of carbonyl (C=O) groups is 3. The molecule has 4 rings (SSSR count). The van der Waals surface area contributed by atoms with Gasteiger partial charge in [0.15, 0.2) is 5.78 Å². The molecule has 2 aromatic carbocycles. The van der Waals surface area contributed by atoms with Crippen LogP contribution in [0, 0.1) is 11.6 Å². The summed E-state index contributed by atoms with van der Waals surface area (Å²) >= 11 is 0. The number of benzene rings is 2. The molecule has 1 aromatic heterocycles. The van der Waals surface area contributed by atoms with Crippen molar-refractivity contribution in [3.63, 3.8) is 0 Å². The minimum atomic E-state index is -0.953. The SMILES string of the molecule is C[C@H](NC(=O)[C@H](CC(=O)N1CCCC[C@@H]1C)NCC(=O)c1ccccc1)c1ncc(-c2ccc(F)cc2F)[nH]1. The molecule has 2 amide bonds. The maximum Gasteiger partial charge on any atom is 0.238 e. The fraction of sp³-hybridized carbons (Fsp3) is 0.379. The summed E-state index contributed by atoms with van der Waals surface area (Å²) in [4.78, 5) is 48.2. The normalized spacial score (nSPS) is 16.9. The lowest BCUT2D eigenvalue weighted by Gasteiger charge is -2.34. The molecule has 2 heterocycles. The number of hydrogen-bond donors (Lipinski definition) is 3. The lowest BCUT2D eigenvalue weighted by Crippen LogP contribution is -2.51. The molecule has 1 fully saturated rings. The molecule has 39 heavy (non-hydrogen) atoms. The van der Waals surface area contributed by atoms with E-state index in [0.717, 1.165) is 31.4 Å². The molecule has 0 saturated carbocycles. The van der Waals surface area contributed by atoms with Crippen LogP contribution in [0.2, 0.25) is 0 Å². The van der Waals surface area contributed by atoms with Crippen molar-refractivity contribution in [2.45, 2.75) is 57.7 Å². The van der Waals surface area contributed by atoms with Gasteiger partial charge in [-0.25, -0.2) is 13.8 Å². The average molecular weight is 538 g/mol. The van der Waals surface area contributed by atoms with Crippen LogP contribution in [-0.4, -0.2) is 57.6 Å². The maximum atomic E-state index is 14.2. The number of aromatic nitrogens is 2. The van der Waals surface area contributed by atoms with Gasteiger partial charge in [0.25, 0.3) is 0 Å². The zero-order chi connectivity index (χ0) is 27.9. The summed E-state index contributed by atoms with van der Waals surface area (Å²) in [6.07, 6.45) is 4.19. The number of nitrogens with zero attached hydrogens (tertiary/aromatic N) is 2. The number of ketones is 1. The van der Waals surface area contributed by atoms with Gasteiger partial charge in [-0.3, -0.25) is 19.7 Å². The van der Waals surface area contributed by atoms with E-state index in [4.69, 9.17) is 0 Å². The lowest BCUT2D eigenvalue weighted by atomic mass is 10.0. The Hall–Kier alpha value is -3.92. The largest absolute Gasteiger partial charge is 0.345 e. The quantitative estimate of drug-likeness (QED) is 0.337. The molecule has 1 saturated heterocycles. The van der Waals surface area contributed by atoms with E-state index in [0.29, 0.717) is 23.6 Å². The lowest BCUT2D eigenvalue weighted by molar-refractivity contribution is -0.137. The number of H-pyrrole nitrogens is 1. The van der Waals surface area contributed by atoms with E-state index in [1.165, 1.54) is 12.3 Å². The Morgan fingerprint density at radius 1 is 1.13 bits per heavy atom. The number of likely N-dealkylation sites (tertiary alicyclic amines) is 1. The number of aromatic amines is 1. The molecule has 0 radical (unpaired) electrons. The van der Waals surface area contributed by atoms with E-state index >= 15 is 0 Å². The van der Waals surface area contributed by atoms with Crippen LogP contribution in [-0.2, 0) is 9.59 Å². The molecule has 1 aliphatic heterocycles. The molecule has 0 spiro atoms. The number of Topliss-reactive ketones (excluding diaryl/α,β-unsaturated/α-hetero) is 1. The van der Waals surface area contributed by atoms with E-state index in [1.54, 1.807) is 36.1 Å². The molecule has 0 unspecified atom stereocenters. The molecular formula is C29H33F2N5O3. The van der Waals surface area contributed by atoms with Crippen molar-refractivity contribution in [1.29, 1.82) is 0 Å². The number of amides is 2. The third-order valence-electron chi connectivity index (χ3n) is 7.01. The van der Waals surface area contributed by atoms with Crippen LogP contribution in [0.25, 0.3) is 11.3 Å². The summed E-state index contributed by atoms with van der Waals surface area (Å²) in [6, 6.07) is 10.5. The third-order valence-corrected chi connectivity index (χ3v) is 7.01. The number of nitrogens with one attached hydrogen (secondary N) is 3.